The minimum Gasteiger partial charge on any atom is -0.493 e. The summed E-state index contributed by atoms with van der Waals surface area (Å²) in [6.07, 6.45) is 0.766. The third-order valence-corrected chi connectivity index (χ3v) is 4.29. The first kappa shape index (κ1) is 15.4. The number of methoxy groups -OCH3 is 2. The van der Waals surface area contributed by atoms with Gasteiger partial charge in [-0.3, -0.25) is 4.79 Å². The standard InChI is InChI=1S/C17H20N2O4/c1-10-7-14(18-23-10)17(20)19-6-5-12-8-15(21-3)16(22-4)9-13(12)11(19)2/h7-9,11H,5-6H2,1-4H3/t11-/m1/s1. The van der Waals surface area contributed by atoms with E-state index in [9.17, 15) is 4.79 Å². The average Bonchev–Trinajstić information content (AvgIpc) is 3.00. The number of carbonyl (C=O) groups excluding carboxylic acids is 1. The van der Waals surface area contributed by atoms with Gasteiger partial charge in [-0.25, -0.2) is 0 Å². The SMILES string of the molecule is COc1cc2c(cc1OC)[C@@H](C)N(C(=O)c1cc(C)on1)CC2. The molecular formula is C17H20N2O4. The fraction of sp³-hybridized carbons (Fsp3) is 0.412. The molecule has 1 aromatic carbocycles. The molecule has 2 aromatic rings. The summed E-state index contributed by atoms with van der Waals surface area (Å²) in [5.74, 6) is 1.90. The molecule has 0 saturated carbocycles. The quantitative estimate of drug-likeness (QED) is 0.871. The third-order valence-electron chi connectivity index (χ3n) is 4.29. The zero-order chi connectivity index (χ0) is 16.6. The predicted molar refractivity (Wildman–Crippen MR) is 83.9 cm³/mol. The van der Waals surface area contributed by atoms with E-state index in [1.807, 2.05) is 24.0 Å². The number of nitrogens with zero attached hydrogens (tertiary/aromatic N) is 2. The molecule has 1 atom stereocenters. The van der Waals surface area contributed by atoms with Gasteiger partial charge >= 0.3 is 0 Å². The van der Waals surface area contributed by atoms with Gasteiger partial charge in [0.05, 0.1) is 20.3 Å². The van der Waals surface area contributed by atoms with Crippen molar-refractivity contribution in [3.05, 3.63) is 40.8 Å². The molecule has 6 nitrogen and oxygen atoms in total. The molecule has 0 unspecified atom stereocenters. The second kappa shape index (κ2) is 5.95. The van der Waals surface area contributed by atoms with Crippen LogP contribution in [0.4, 0.5) is 0 Å². The monoisotopic (exact) mass is 316 g/mol. The molecule has 1 amide bonds. The molecule has 0 saturated heterocycles. The van der Waals surface area contributed by atoms with E-state index in [4.69, 9.17) is 14.0 Å². The Bertz CT molecular complexity index is 738. The molecule has 1 aromatic heterocycles. The molecule has 1 aliphatic heterocycles. The van der Waals surface area contributed by atoms with Crippen molar-refractivity contribution in [3.63, 3.8) is 0 Å². The van der Waals surface area contributed by atoms with Crippen LogP contribution >= 0.6 is 0 Å². The van der Waals surface area contributed by atoms with Crippen molar-refractivity contribution < 1.29 is 18.8 Å². The molecule has 3 rings (SSSR count). The minimum absolute atomic E-state index is 0.0666. The lowest BCUT2D eigenvalue weighted by molar-refractivity contribution is 0.0666. The van der Waals surface area contributed by atoms with E-state index >= 15 is 0 Å². The van der Waals surface area contributed by atoms with Crippen LogP contribution in [0.3, 0.4) is 0 Å². The summed E-state index contributed by atoms with van der Waals surface area (Å²) in [6.45, 7) is 4.42. The molecule has 0 radical (unpaired) electrons. The van der Waals surface area contributed by atoms with Crippen LogP contribution in [-0.4, -0.2) is 36.7 Å². The molecular weight excluding hydrogens is 296 g/mol. The Labute approximate surface area is 135 Å². The Balaban J connectivity index is 1.93. The van der Waals surface area contributed by atoms with Crippen LogP contribution in [0.25, 0.3) is 0 Å². The van der Waals surface area contributed by atoms with E-state index < -0.39 is 0 Å². The van der Waals surface area contributed by atoms with Crippen molar-refractivity contribution in [2.75, 3.05) is 20.8 Å². The van der Waals surface area contributed by atoms with Crippen LogP contribution in [-0.2, 0) is 6.42 Å². The highest BCUT2D eigenvalue weighted by Crippen LogP contribution is 2.38. The van der Waals surface area contributed by atoms with Crippen molar-refractivity contribution in [2.45, 2.75) is 26.3 Å². The summed E-state index contributed by atoms with van der Waals surface area (Å²) in [6, 6.07) is 5.54. The average molecular weight is 316 g/mol. The number of rotatable bonds is 3. The number of hydrogen-bond donors (Lipinski definition) is 0. The van der Waals surface area contributed by atoms with E-state index in [-0.39, 0.29) is 11.9 Å². The maximum atomic E-state index is 12.7. The Morgan fingerprint density at radius 1 is 1.26 bits per heavy atom. The second-order valence-electron chi connectivity index (χ2n) is 5.65. The van der Waals surface area contributed by atoms with Gasteiger partial charge in [0.25, 0.3) is 5.91 Å². The summed E-state index contributed by atoms with van der Waals surface area (Å²) in [4.78, 5) is 14.5. The fourth-order valence-electron chi connectivity index (χ4n) is 3.04. The highest BCUT2D eigenvalue weighted by Gasteiger charge is 2.31. The third kappa shape index (κ3) is 2.65. The molecule has 2 heterocycles. The molecule has 0 aliphatic carbocycles. The lowest BCUT2D eigenvalue weighted by Gasteiger charge is -2.35. The van der Waals surface area contributed by atoms with Crippen molar-refractivity contribution in [1.29, 1.82) is 0 Å². The first-order valence-corrected chi connectivity index (χ1v) is 7.54. The van der Waals surface area contributed by atoms with Crippen molar-refractivity contribution in [2.24, 2.45) is 0 Å². The highest BCUT2D eigenvalue weighted by atomic mass is 16.5. The van der Waals surface area contributed by atoms with E-state index in [1.54, 1.807) is 27.2 Å². The normalized spacial score (nSPS) is 16.9. The second-order valence-corrected chi connectivity index (χ2v) is 5.65. The van der Waals surface area contributed by atoms with Crippen LogP contribution in [0.5, 0.6) is 11.5 Å². The lowest BCUT2D eigenvalue weighted by atomic mass is 9.92. The molecule has 0 bridgehead atoms. The zero-order valence-corrected chi connectivity index (χ0v) is 13.8. The molecule has 1 aliphatic rings. The summed E-state index contributed by atoms with van der Waals surface area (Å²) < 4.78 is 15.7. The van der Waals surface area contributed by atoms with E-state index in [0.717, 1.165) is 12.0 Å². The number of amides is 1. The maximum absolute atomic E-state index is 12.7. The van der Waals surface area contributed by atoms with Gasteiger partial charge in [-0.1, -0.05) is 5.16 Å². The Morgan fingerprint density at radius 2 is 1.96 bits per heavy atom. The van der Waals surface area contributed by atoms with Gasteiger partial charge in [-0.15, -0.1) is 0 Å². The summed E-state index contributed by atoms with van der Waals surface area (Å²) in [7, 11) is 3.23. The Kier molecular flexibility index (Phi) is 3.98. The smallest absolute Gasteiger partial charge is 0.276 e. The van der Waals surface area contributed by atoms with Gasteiger partial charge in [-0.05, 0) is 43.5 Å². The fourth-order valence-corrected chi connectivity index (χ4v) is 3.04. The lowest BCUT2D eigenvalue weighted by Crippen LogP contribution is -2.39. The van der Waals surface area contributed by atoms with Gasteiger partial charge < -0.3 is 18.9 Å². The van der Waals surface area contributed by atoms with Gasteiger partial charge in [0.2, 0.25) is 0 Å². The topological polar surface area (TPSA) is 64.8 Å². The number of fused-ring (bicyclic) bond motifs is 1. The molecule has 0 N–H and O–H groups in total. The highest BCUT2D eigenvalue weighted by molar-refractivity contribution is 5.92. The number of aryl methyl sites for hydroxylation is 1. The first-order chi connectivity index (χ1) is 11.0. The first-order valence-electron chi connectivity index (χ1n) is 7.54. The van der Waals surface area contributed by atoms with Gasteiger partial charge in [0, 0.05) is 12.6 Å². The van der Waals surface area contributed by atoms with Crippen molar-refractivity contribution >= 4 is 5.91 Å². The number of hydrogen-bond acceptors (Lipinski definition) is 5. The Hall–Kier alpha value is -2.50. The molecule has 0 fully saturated rings. The van der Waals surface area contributed by atoms with Crippen LogP contribution in [0.2, 0.25) is 0 Å². The van der Waals surface area contributed by atoms with E-state index in [1.165, 1.54) is 5.56 Å². The van der Waals surface area contributed by atoms with E-state index in [2.05, 4.69) is 5.16 Å². The van der Waals surface area contributed by atoms with E-state index in [0.29, 0.717) is 29.5 Å². The van der Waals surface area contributed by atoms with Crippen LogP contribution in [0, 0.1) is 6.92 Å². The number of carbonyl (C=O) groups is 1. The van der Waals surface area contributed by atoms with Crippen LogP contribution in [0.1, 0.15) is 40.3 Å². The van der Waals surface area contributed by atoms with Gasteiger partial charge in [0.1, 0.15) is 5.76 Å². The maximum Gasteiger partial charge on any atom is 0.276 e. The molecule has 23 heavy (non-hydrogen) atoms. The number of ether oxygens (including phenoxy) is 2. The van der Waals surface area contributed by atoms with Gasteiger partial charge in [-0.2, -0.15) is 0 Å². The van der Waals surface area contributed by atoms with Crippen LogP contribution < -0.4 is 9.47 Å². The molecule has 6 heteroatoms. The largest absolute Gasteiger partial charge is 0.493 e. The zero-order valence-electron chi connectivity index (χ0n) is 13.8. The molecule has 122 valence electrons. The summed E-state index contributed by atoms with van der Waals surface area (Å²) >= 11 is 0. The van der Waals surface area contributed by atoms with Crippen LogP contribution in [0.15, 0.2) is 22.7 Å². The number of benzene rings is 1. The van der Waals surface area contributed by atoms with Crippen molar-refractivity contribution in [1.82, 2.24) is 10.1 Å². The summed E-state index contributed by atoms with van der Waals surface area (Å²) in [5, 5.41) is 3.83. The summed E-state index contributed by atoms with van der Waals surface area (Å²) in [5.41, 5.74) is 2.59. The van der Waals surface area contributed by atoms with Gasteiger partial charge in [0.15, 0.2) is 17.2 Å². The Morgan fingerprint density at radius 3 is 2.57 bits per heavy atom. The van der Waals surface area contributed by atoms with Crippen molar-refractivity contribution in [3.8, 4) is 11.5 Å². The predicted octanol–water partition coefficient (Wildman–Crippen LogP) is 2.76. The number of aromatic nitrogens is 1. The molecule has 0 spiro atoms. The minimum atomic E-state index is -0.116.